The second-order valence-corrected chi connectivity index (χ2v) is 6.39. The molecule has 0 radical (unpaired) electrons. The molecule has 86 valence electrons. The SMILES string of the molecule is CS(=O)(=O)c1cccc(C(=O)CC2CC2)c1. The number of benzene rings is 1. The predicted molar refractivity (Wildman–Crippen MR) is 61.2 cm³/mol. The number of rotatable bonds is 4. The lowest BCUT2D eigenvalue weighted by molar-refractivity contribution is 0.0976. The molecule has 0 aromatic heterocycles. The Labute approximate surface area is 95.4 Å². The molecule has 0 aliphatic heterocycles. The number of Topliss-reactive ketones (excluding diaryl/α,β-unsaturated/α-hetero) is 1. The van der Waals surface area contributed by atoms with Crippen LogP contribution in [0.5, 0.6) is 0 Å². The Bertz CT molecular complexity index is 513. The summed E-state index contributed by atoms with van der Waals surface area (Å²) in [5, 5.41) is 0. The van der Waals surface area contributed by atoms with E-state index in [1.54, 1.807) is 12.1 Å². The van der Waals surface area contributed by atoms with Crippen molar-refractivity contribution in [2.45, 2.75) is 24.2 Å². The number of carbonyl (C=O) groups is 1. The van der Waals surface area contributed by atoms with Crippen molar-refractivity contribution >= 4 is 15.6 Å². The van der Waals surface area contributed by atoms with Crippen LogP contribution in [-0.2, 0) is 9.84 Å². The van der Waals surface area contributed by atoms with Gasteiger partial charge in [0.15, 0.2) is 15.6 Å². The molecule has 1 fully saturated rings. The Morgan fingerprint density at radius 1 is 1.38 bits per heavy atom. The Morgan fingerprint density at radius 2 is 2.06 bits per heavy atom. The van der Waals surface area contributed by atoms with Gasteiger partial charge in [0, 0.05) is 18.2 Å². The Morgan fingerprint density at radius 3 is 2.62 bits per heavy atom. The maximum absolute atomic E-state index is 11.8. The molecule has 0 amide bonds. The summed E-state index contributed by atoms with van der Waals surface area (Å²) < 4.78 is 22.7. The normalized spacial score (nSPS) is 16.1. The van der Waals surface area contributed by atoms with Gasteiger partial charge in [0.25, 0.3) is 0 Å². The fourth-order valence-electron chi connectivity index (χ4n) is 1.60. The third-order valence-corrected chi connectivity index (χ3v) is 3.87. The molecular weight excluding hydrogens is 224 g/mol. The summed E-state index contributed by atoms with van der Waals surface area (Å²) in [6, 6.07) is 6.29. The van der Waals surface area contributed by atoms with Crippen LogP contribution < -0.4 is 0 Å². The largest absolute Gasteiger partial charge is 0.294 e. The van der Waals surface area contributed by atoms with E-state index in [1.807, 2.05) is 0 Å². The van der Waals surface area contributed by atoms with Crippen LogP contribution in [-0.4, -0.2) is 20.5 Å². The van der Waals surface area contributed by atoms with Crippen molar-refractivity contribution in [2.24, 2.45) is 5.92 Å². The average Bonchev–Trinajstić information content (AvgIpc) is 3.00. The summed E-state index contributed by atoms with van der Waals surface area (Å²) >= 11 is 0. The number of ketones is 1. The molecule has 1 saturated carbocycles. The molecule has 1 aliphatic carbocycles. The van der Waals surface area contributed by atoms with Gasteiger partial charge in [-0.2, -0.15) is 0 Å². The van der Waals surface area contributed by atoms with Crippen molar-refractivity contribution in [2.75, 3.05) is 6.26 Å². The van der Waals surface area contributed by atoms with E-state index in [4.69, 9.17) is 0 Å². The summed E-state index contributed by atoms with van der Waals surface area (Å²) in [4.78, 5) is 12.0. The quantitative estimate of drug-likeness (QED) is 0.754. The molecule has 0 unspecified atom stereocenters. The molecule has 4 heteroatoms. The topological polar surface area (TPSA) is 51.2 Å². The van der Waals surface area contributed by atoms with Gasteiger partial charge in [-0.25, -0.2) is 8.42 Å². The number of sulfone groups is 1. The van der Waals surface area contributed by atoms with Crippen LogP contribution in [0.15, 0.2) is 29.2 Å². The minimum atomic E-state index is -3.22. The summed E-state index contributed by atoms with van der Waals surface area (Å²) in [6.45, 7) is 0. The Kier molecular flexibility index (Phi) is 2.84. The molecule has 0 bridgehead atoms. The molecule has 16 heavy (non-hydrogen) atoms. The van der Waals surface area contributed by atoms with E-state index in [1.165, 1.54) is 12.1 Å². The summed E-state index contributed by atoms with van der Waals surface area (Å²) in [5.41, 5.74) is 0.509. The van der Waals surface area contributed by atoms with Crippen molar-refractivity contribution in [3.05, 3.63) is 29.8 Å². The summed E-state index contributed by atoms with van der Waals surface area (Å²) in [7, 11) is -3.22. The highest BCUT2D eigenvalue weighted by Crippen LogP contribution is 2.33. The van der Waals surface area contributed by atoms with Gasteiger partial charge >= 0.3 is 0 Å². The van der Waals surface area contributed by atoms with Crippen LogP contribution >= 0.6 is 0 Å². The summed E-state index contributed by atoms with van der Waals surface area (Å²) in [5.74, 6) is 0.572. The minimum Gasteiger partial charge on any atom is -0.294 e. The van der Waals surface area contributed by atoms with Gasteiger partial charge in [0.1, 0.15) is 0 Å². The van der Waals surface area contributed by atoms with Crippen molar-refractivity contribution in [3.8, 4) is 0 Å². The standard InChI is InChI=1S/C12H14O3S/c1-16(14,15)11-4-2-3-10(8-11)12(13)7-9-5-6-9/h2-4,8-9H,5-7H2,1H3. The molecule has 0 saturated heterocycles. The lowest BCUT2D eigenvalue weighted by Crippen LogP contribution is -2.03. The van der Waals surface area contributed by atoms with Crippen molar-refractivity contribution in [1.82, 2.24) is 0 Å². The second-order valence-electron chi connectivity index (χ2n) is 4.37. The van der Waals surface area contributed by atoms with Crippen molar-refractivity contribution in [3.63, 3.8) is 0 Å². The van der Waals surface area contributed by atoms with Gasteiger partial charge in [0.05, 0.1) is 4.90 Å². The first-order chi connectivity index (χ1) is 7.47. The molecule has 1 aromatic carbocycles. The Balaban J connectivity index is 2.24. The number of hydrogen-bond donors (Lipinski definition) is 0. The van der Waals surface area contributed by atoms with Gasteiger partial charge < -0.3 is 0 Å². The van der Waals surface area contributed by atoms with E-state index in [0.717, 1.165) is 19.1 Å². The third-order valence-electron chi connectivity index (χ3n) is 2.76. The van der Waals surface area contributed by atoms with Gasteiger partial charge in [-0.1, -0.05) is 12.1 Å². The van der Waals surface area contributed by atoms with E-state index in [0.29, 0.717) is 17.9 Å². The molecule has 0 heterocycles. The number of hydrogen-bond acceptors (Lipinski definition) is 3. The van der Waals surface area contributed by atoms with E-state index < -0.39 is 9.84 Å². The fourth-order valence-corrected chi connectivity index (χ4v) is 2.27. The monoisotopic (exact) mass is 238 g/mol. The molecule has 0 N–H and O–H groups in total. The molecule has 0 spiro atoms. The first-order valence-electron chi connectivity index (χ1n) is 5.30. The first kappa shape index (κ1) is 11.3. The minimum absolute atomic E-state index is 0.0491. The molecule has 2 rings (SSSR count). The van der Waals surface area contributed by atoms with E-state index in [-0.39, 0.29) is 10.7 Å². The highest BCUT2D eigenvalue weighted by Gasteiger charge is 2.25. The molecule has 1 aromatic rings. The van der Waals surface area contributed by atoms with Gasteiger partial charge in [-0.3, -0.25) is 4.79 Å². The third kappa shape index (κ3) is 2.70. The lowest BCUT2D eigenvalue weighted by Gasteiger charge is -2.02. The number of carbonyl (C=O) groups excluding carboxylic acids is 1. The van der Waals surface area contributed by atoms with E-state index >= 15 is 0 Å². The van der Waals surface area contributed by atoms with Gasteiger partial charge in [-0.05, 0) is 30.9 Å². The second kappa shape index (κ2) is 4.01. The fraction of sp³-hybridized carbons (Fsp3) is 0.417. The van der Waals surface area contributed by atoms with E-state index in [9.17, 15) is 13.2 Å². The summed E-state index contributed by atoms with van der Waals surface area (Å²) in [6.07, 6.45) is 3.94. The van der Waals surface area contributed by atoms with Crippen LogP contribution in [0.2, 0.25) is 0 Å². The molecular formula is C12H14O3S. The highest BCUT2D eigenvalue weighted by molar-refractivity contribution is 7.90. The zero-order valence-corrected chi connectivity index (χ0v) is 9.96. The average molecular weight is 238 g/mol. The van der Waals surface area contributed by atoms with Crippen LogP contribution in [0.1, 0.15) is 29.6 Å². The molecule has 0 atom stereocenters. The maximum Gasteiger partial charge on any atom is 0.175 e. The van der Waals surface area contributed by atoms with Crippen LogP contribution in [0.3, 0.4) is 0 Å². The maximum atomic E-state index is 11.8. The van der Waals surface area contributed by atoms with Crippen LogP contribution in [0.25, 0.3) is 0 Å². The van der Waals surface area contributed by atoms with Crippen molar-refractivity contribution in [1.29, 1.82) is 0 Å². The van der Waals surface area contributed by atoms with Crippen molar-refractivity contribution < 1.29 is 13.2 Å². The zero-order chi connectivity index (χ0) is 11.8. The van der Waals surface area contributed by atoms with Gasteiger partial charge in [0.2, 0.25) is 0 Å². The molecule has 3 nitrogen and oxygen atoms in total. The first-order valence-corrected chi connectivity index (χ1v) is 7.19. The lowest BCUT2D eigenvalue weighted by atomic mass is 10.1. The zero-order valence-electron chi connectivity index (χ0n) is 9.14. The van der Waals surface area contributed by atoms with Gasteiger partial charge in [-0.15, -0.1) is 0 Å². The highest BCUT2D eigenvalue weighted by atomic mass is 32.2. The predicted octanol–water partition coefficient (Wildman–Crippen LogP) is 2.07. The molecule has 1 aliphatic rings. The van der Waals surface area contributed by atoms with Crippen LogP contribution in [0.4, 0.5) is 0 Å². The van der Waals surface area contributed by atoms with Crippen LogP contribution in [0, 0.1) is 5.92 Å². The smallest absolute Gasteiger partial charge is 0.175 e. The van der Waals surface area contributed by atoms with E-state index in [2.05, 4.69) is 0 Å². The Hall–Kier alpha value is -1.16.